The molecule has 0 saturated heterocycles. The molecule has 1 aromatic carbocycles. The van der Waals surface area contributed by atoms with Crippen LogP contribution in [0.3, 0.4) is 0 Å². The molecule has 0 unspecified atom stereocenters. The maximum Gasteiger partial charge on any atom is 0.155 e. The highest BCUT2D eigenvalue weighted by atomic mass is 32.1. The Hall–Kier alpha value is -0.930. The minimum Gasteiger partial charge on any atom is -0.408 e. The summed E-state index contributed by atoms with van der Waals surface area (Å²) in [6.45, 7) is 2.02. The van der Waals surface area contributed by atoms with Crippen LogP contribution in [-0.2, 0) is 0 Å². The molecular formula is C9H11NOS. The van der Waals surface area contributed by atoms with Crippen LogP contribution in [0.15, 0.2) is 18.2 Å². The van der Waals surface area contributed by atoms with Crippen LogP contribution in [-0.4, -0.2) is 12.4 Å². The largest absolute Gasteiger partial charge is 0.408 e. The van der Waals surface area contributed by atoms with Gasteiger partial charge in [-0.15, -0.1) is 0 Å². The summed E-state index contributed by atoms with van der Waals surface area (Å²) in [7, 11) is 1.72. The molecule has 0 radical (unpaired) electrons. The quantitative estimate of drug-likeness (QED) is 0.568. The first-order valence-electron chi connectivity index (χ1n) is 3.67. The minimum atomic E-state index is 0.762. The number of hydrogen-bond acceptors (Lipinski definition) is 3. The molecule has 3 heteroatoms. The summed E-state index contributed by atoms with van der Waals surface area (Å²) in [6, 6.07) is 5.86. The van der Waals surface area contributed by atoms with Crippen LogP contribution < -0.4 is 10.3 Å². The van der Waals surface area contributed by atoms with E-state index in [1.165, 1.54) is 5.56 Å². The highest BCUT2D eigenvalue weighted by molar-refractivity contribution is 7.79. The van der Waals surface area contributed by atoms with Crippen molar-refractivity contribution in [1.82, 2.24) is 5.48 Å². The van der Waals surface area contributed by atoms with Gasteiger partial charge in [0, 0.05) is 18.0 Å². The average Bonchev–Trinajstić information content (AvgIpc) is 2.08. The van der Waals surface area contributed by atoms with Gasteiger partial charge in [0.1, 0.15) is 0 Å². The Morgan fingerprint density at radius 2 is 2.25 bits per heavy atom. The van der Waals surface area contributed by atoms with Gasteiger partial charge in [0.15, 0.2) is 5.75 Å². The highest BCUT2D eigenvalue weighted by Gasteiger charge is 1.99. The SMILES string of the molecule is CNOc1ccc(C)cc1C=S. The summed E-state index contributed by atoms with van der Waals surface area (Å²) < 4.78 is 0. The zero-order chi connectivity index (χ0) is 8.97. The van der Waals surface area contributed by atoms with Gasteiger partial charge in [0.05, 0.1) is 0 Å². The fraction of sp³-hybridized carbons (Fsp3) is 0.222. The van der Waals surface area contributed by atoms with Gasteiger partial charge in [0.25, 0.3) is 0 Å². The first-order chi connectivity index (χ1) is 5.77. The van der Waals surface area contributed by atoms with Crippen LogP contribution in [0.25, 0.3) is 0 Å². The van der Waals surface area contributed by atoms with Crippen LogP contribution in [0.1, 0.15) is 11.1 Å². The molecule has 0 spiro atoms. The lowest BCUT2D eigenvalue weighted by Crippen LogP contribution is -2.12. The molecule has 0 aromatic heterocycles. The summed E-state index contributed by atoms with van der Waals surface area (Å²) in [5, 5.41) is 1.61. The maximum absolute atomic E-state index is 5.13. The number of aryl methyl sites for hydroxylation is 1. The van der Waals surface area contributed by atoms with E-state index >= 15 is 0 Å². The molecule has 0 saturated carbocycles. The first-order valence-corrected chi connectivity index (χ1v) is 4.14. The van der Waals surface area contributed by atoms with Crippen molar-refractivity contribution in [1.29, 1.82) is 0 Å². The normalized spacial score (nSPS) is 9.50. The molecule has 12 heavy (non-hydrogen) atoms. The molecule has 0 heterocycles. The molecular weight excluding hydrogens is 170 g/mol. The van der Waals surface area contributed by atoms with Crippen molar-refractivity contribution in [2.24, 2.45) is 0 Å². The second-order valence-corrected chi connectivity index (χ2v) is 2.70. The smallest absolute Gasteiger partial charge is 0.155 e. The molecule has 1 aromatic rings. The van der Waals surface area contributed by atoms with E-state index in [0.29, 0.717) is 0 Å². The van der Waals surface area contributed by atoms with Crippen LogP contribution in [0.5, 0.6) is 5.75 Å². The third kappa shape index (κ3) is 2.03. The van der Waals surface area contributed by atoms with Gasteiger partial charge < -0.3 is 4.84 Å². The Labute approximate surface area is 77.5 Å². The number of rotatable bonds is 3. The fourth-order valence-electron chi connectivity index (χ4n) is 0.963. The summed E-state index contributed by atoms with van der Waals surface area (Å²) in [4.78, 5) is 5.13. The predicted octanol–water partition coefficient (Wildman–Crippen LogP) is 1.86. The maximum atomic E-state index is 5.13. The molecule has 0 atom stereocenters. The zero-order valence-electron chi connectivity index (χ0n) is 7.13. The van der Waals surface area contributed by atoms with E-state index in [0.717, 1.165) is 11.3 Å². The second-order valence-electron chi connectivity index (χ2n) is 2.47. The second kappa shape index (κ2) is 4.18. The van der Waals surface area contributed by atoms with E-state index in [1.807, 2.05) is 25.1 Å². The molecule has 0 amide bonds. The molecule has 2 nitrogen and oxygen atoms in total. The van der Waals surface area contributed by atoms with Crippen molar-refractivity contribution < 1.29 is 4.84 Å². The Kier molecular flexibility index (Phi) is 3.19. The molecule has 0 aliphatic heterocycles. The third-order valence-electron chi connectivity index (χ3n) is 1.50. The van der Waals surface area contributed by atoms with Crippen molar-refractivity contribution in [2.75, 3.05) is 7.05 Å². The number of hydroxylamine groups is 1. The van der Waals surface area contributed by atoms with Gasteiger partial charge in [0.2, 0.25) is 0 Å². The van der Waals surface area contributed by atoms with Crippen molar-refractivity contribution in [3.63, 3.8) is 0 Å². The van der Waals surface area contributed by atoms with Crippen LogP contribution in [0, 0.1) is 6.92 Å². The molecule has 0 bridgehead atoms. The molecule has 0 aliphatic rings. The van der Waals surface area contributed by atoms with Gasteiger partial charge in [-0.05, 0) is 19.1 Å². The topological polar surface area (TPSA) is 21.3 Å². The third-order valence-corrected chi connectivity index (χ3v) is 1.76. The van der Waals surface area contributed by atoms with E-state index < -0.39 is 0 Å². The zero-order valence-corrected chi connectivity index (χ0v) is 7.94. The van der Waals surface area contributed by atoms with Crippen LogP contribution in [0.2, 0.25) is 0 Å². The van der Waals surface area contributed by atoms with E-state index in [2.05, 4.69) is 5.48 Å². The molecule has 0 fully saturated rings. The van der Waals surface area contributed by atoms with Crippen molar-refractivity contribution in [3.05, 3.63) is 29.3 Å². The van der Waals surface area contributed by atoms with Crippen molar-refractivity contribution in [3.8, 4) is 5.75 Å². The lowest BCUT2D eigenvalue weighted by atomic mass is 10.1. The lowest BCUT2D eigenvalue weighted by molar-refractivity contribution is 0.223. The van der Waals surface area contributed by atoms with Gasteiger partial charge in [-0.3, -0.25) is 0 Å². The van der Waals surface area contributed by atoms with Gasteiger partial charge in [-0.1, -0.05) is 23.8 Å². The van der Waals surface area contributed by atoms with E-state index in [1.54, 1.807) is 12.4 Å². The van der Waals surface area contributed by atoms with Crippen molar-refractivity contribution >= 4 is 17.6 Å². The summed E-state index contributed by atoms with van der Waals surface area (Å²) in [5.74, 6) is 0.762. The molecule has 1 N–H and O–H groups in total. The fourth-order valence-corrected chi connectivity index (χ4v) is 1.15. The Balaban J connectivity index is 3.02. The summed E-state index contributed by atoms with van der Waals surface area (Å²) in [6.07, 6.45) is 0. The predicted molar refractivity (Wildman–Crippen MR) is 53.6 cm³/mol. The van der Waals surface area contributed by atoms with Gasteiger partial charge >= 0.3 is 0 Å². The number of benzene rings is 1. The average molecular weight is 181 g/mol. The number of nitrogens with one attached hydrogen (secondary N) is 1. The molecule has 64 valence electrons. The van der Waals surface area contributed by atoms with E-state index in [-0.39, 0.29) is 0 Å². The van der Waals surface area contributed by atoms with Gasteiger partial charge in [-0.2, -0.15) is 5.48 Å². The van der Waals surface area contributed by atoms with Crippen LogP contribution in [0.4, 0.5) is 0 Å². The lowest BCUT2D eigenvalue weighted by Gasteiger charge is -2.06. The minimum absolute atomic E-state index is 0.762. The highest BCUT2D eigenvalue weighted by Crippen LogP contribution is 2.17. The Morgan fingerprint density at radius 1 is 1.50 bits per heavy atom. The van der Waals surface area contributed by atoms with Crippen molar-refractivity contribution in [2.45, 2.75) is 6.92 Å². The standard InChI is InChI=1S/C9H11NOS/c1-7-3-4-9(11-10-2)8(5-7)6-12/h3-6,10H,1-2H3. The first kappa shape index (κ1) is 9.16. The number of hydrogen-bond donors (Lipinski definition) is 1. The van der Waals surface area contributed by atoms with Gasteiger partial charge in [-0.25, -0.2) is 0 Å². The Morgan fingerprint density at radius 3 is 2.83 bits per heavy atom. The Bertz CT molecular complexity index is 286. The monoisotopic (exact) mass is 181 g/mol. The summed E-state index contributed by atoms with van der Waals surface area (Å²) in [5.41, 5.74) is 4.72. The summed E-state index contributed by atoms with van der Waals surface area (Å²) >= 11 is 4.85. The van der Waals surface area contributed by atoms with Crippen LogP contribution >= 0.6 is 12.2 Å². The molecule has 1 rings (SSSR count). The van der Waals surface area contributed by atoms with E-state index in [9.17, 15) is 0 Å². The molecule has 0 aliphatic carbocycles. The number of thiocarbonyl (C=S) groups is 1. The van der Waals surface area contributed by atoms with E-state index in [4.69, 9.17) is 17.1 Å².